The van der Waals surface area contributed by atoms with Crippen LogP contribution < -0.4 is 0 Å². The molecule has 0 fully saturated rings. The first kappa shape index (κ1) is 26.0. The second kappa shape index (κ2) is 9.85. The van der Waals surface area contributed by atoms with Gasteiger partial charge in [-0.25, -0.2) is 0 Å². The van der Waals surface area contributed by atoms with Crippen molar-refractivity contribution in [2.45, 2.75) is 23.8 Å². The lowest BCUT2D eigenvalue weighted by atomic mass is 9.50. The Morgan fingerprint density at radius 1 is 0.762 bits per heavy atom. The van der Waals surface area contributed by atoms with Gasteiger partial charge in [0, 0.05) is 11.5 Å². The van der Waals surface area contributed by atoms with Crippen LogP contribution in [0.2, 0.25) is 0 Å². The smallest absolute Gasteiger partial charge is 0.257 e. The van der Waals surface area contributed by atoms with E-state index in [1.54, 1.807) is 7.11 Å². The molecule has 206 valence electrons. The number of hydrogen-bond acceptors (Lipinski definition) is 3. The number of amides is 2. The molecule has 0 radical (unpaired) electrons. The van der Waals surface area contributed by atoms with Gasteiger partial charge in [-0.15, -0.1) is 0 Å². The summed E-state index contributed by atoms with van der Waals surface area (Å²) in [5.74, 6) is -0.767. The Kier molecular flexibility index (Phi) is 6.09. The number of carbonyl (C=O) groups excluding carboxylic acids is 2. The summed E-state index contributed by atoms with van der Waals surface area (Å²) >= 11 is 0. The van der Waals surface area contributed by atoms with Crippen LogP contribution in [0.1, 0.15) is 35.1 Å². The Labute approximate surface area is 246 Å². The van der Waals surface area contributed by atoms with E-state index in [4.69, 9.17) is 4.74 Å². The molecular weight excluding hydrogens is 518 g/mol. The molecule has 2 amide bonds. The number of allylic oxidation sites excluding steroid dienone is 2. The van der Waals surface area contributed by atoms with Crippen molar-refractivity contribution in [3.8, 4) is 0 Å². The fourth-order valence-electron chi connectivity index (χ4n) is 7.56. The number of benzene rings is 4. The molecule has 1 heterocycles. The second-order valence-electron chi connectivity index (χ2n) is 11.2. The van der Waals surface area contributed by atoms with Crippen molar-refractivity contribution in [3.63, 3.8) is 0 Å². The van der Waals surface area contributed by atoms with Crippen molar-refractivity contribution in [3.05, 3.63) is 179 Å². The predicted molar refractivity (Wildman–Crippen MR) is 163 cm³/mol. The highest BCUT2D eigenvalue weighted by molar-refractivity contribution is 6.13. The van der Waals surface area contributed by atoms with Crippen LogP contribution in [0, 0.1) is 5.92 Å². The van der Waals surface area contributed by atoms with Crippen molar-refractivity contribution in [1.82, 2.24) is 4.90 Å². The number of ether oxygens (including phenoxy) is 1. The SMILES string of the molecule is COC1=CC2C=CC13C(=C(C)C(=O)N3C(=O)C(c1ccccc1)c1ccccc1)C2(c1ccccc1)c1ccccc1. The Bertz CT molecular complexity index is 1680. The molecule has 1 aliphatic heterocycles. The summed E-state index contributed by atoms with van der Waals surface area (Å²) in [6, 6.07) is 40.1. The van der Waals surface area contributed by atoms with E-state index < -0.39 is 16.9 Å². The zero-order valence-corrected chi connectivity index (χ0v) is 23.6. The maximum Gasteiger partial charge on any atom is 0.257 e. The first-order valence-electron chi connectivity index (χ1n) is 14.3. The fourth-order valence-corrected chi connectivity index (χ4v) is 7.56. The zero-order chi connectivity index (χ0) is 28.9. The highest BCUT2D eigenvalue weighted by atomic mass is 16.5. The minimum absolute atomic E-state index is 0.119. The number of nitrogens with zero attached hydrogens (tertiary/aromatic N) is 1. The first-order chi connectivity index (χ1) is 20.5. The summed E-state index contributed by atoms with van der Waals surface area (Å²) in [7, 11) is 1.63. The van der Waals surface area contributed by atoms with E-state index in [1.807, 2.05) is 110 Å². The van der Waals surface area contributed by atoms with E-state index in [0.29, 0.717) is 11.3 Å². The van der Waals surface area contributed by atoms with Crippen LogP contribution in [-0.2, 0) is 19.7 Å². The summed E-state index contributed by atoms with van der Waals surface area (Å²) in [6.07, 6.45) is 6.28. The molecule has 4 aliphatic rings. The number of hydrogen-bond donors (Lipinski definition) is 0. The molecule has 42 heavy (non-hydrogen) atoms. The molecule has 4 aromatic rings. The van der Waals surface area contributed by atoms with E-state index in [1.165, 1.54) is 4.90 Å². The van der Waals surface area contributed by atoms with Gasteiger partial charge >= 0.3 is 0 Å². The van der Waals surface area contributed by atoms with Gasteiger partial charge in [-0.05, 0) is 46.9 Å². The molecular formula is C38H31NO3. The molecule has 2 atom stereocenters. The number of carbonyl (C=O) groups is 2. The van der Waals surface area contributed by atoms with Crippen molar-refractivity contribution in [1.29, 1.82) is 0 Å². The molecule has 0 saturated heterocycles. The van der Waals surface area contributed by atoms with Crippen LogP contribution in [0.3, 0.4) is 0 Å². The number of rotatable bonds is 6. The molecule has 4 aromatic carbocycles. The molecule has 4 nitrogen and oxygen atoms in total. The lowest BCUT2D eigenvalue weighted by Crippen LogP contribution is -2.61. The normalized spacial score (nSPS) is 21.9. The topological polar surface area (TPSA) is 46.6 Å². The third-order valence-corrected chi connectivity index (χ3v) is 9.19. The summed E-state index contributed by atoms with van der Waals surface area (Å²) in [6.45, 7) is 1.87. The molecule has 8 rings (SSSR count). The summed E-state index contributed by atoms with van der Waals surface area (Å²) in [5, 5.41) is 0. The summed E-state index contributed by atoms with van der Waals surface area (Å²) in [4.78, 5) is 31.1. The van der Waals surface area contributed by atoms with Crippen LogP contribution >= 0.6 is 0 Å². The molecule has 0 aromatic heterocycles. The standard InChI is InChI=1S/C38H31NO3/c1-26-34-37(39(35(26)40)36(41)33(27-15-7-3-8-16-27)28-17-9-4-10-18-28)24-23-31(25-32(37)42-2)38(34,29-19-11-5-12-20-29)30-21-13-6-14-22-30/h3-25,31,33H,1-2H3. The molecule has 0 saturated carbocycles. The van der Waals surface area contributed by atoms with Gasteiger partial charge in [0.15, 0.2) is 0 Å². The van der Waals surface area contributed by atoms with Crippen LogP contribution in [0.4, 0.5) is 0 Å². The minimum Gasteiger partial charge on any atom is -0.498 e. The van der Waals surface area contributed by atoms with Gasteiger partial charge in [-0.2, -0.15) is 0 Å². The van der Waals surface area contributed by atoms with Gasteiger partial charge in [0.25, 0.3) is 5.91 Å². The van der Waals surface area contributed by atoms with E-state index in [-0.39, 0.29) is 17.7 Å². The first-order valence-corrected chi connectivity index (χ1v) is 14.3. The molecule has 3 aliphatic carbocycles. The monoisotopic (exact) mass is 549 g/mol. The molecule has 1 spiro atoms. The van der Waals surface area contributed by atoms with Crippen LogP contribution in [0.5, 0.6) is 0 Å². The number of methoxy groups -OCH3 is 1. The van der Waals surface area contributed by atoms with Crippen LogP contribution in [0.25, 0.3) is 0 Å². The van der Waals surface area contributed by atoms with E-state index in [9.17, 15) is 4.79 Å². The average molecular weight is 550 g/mol. The van der Waals surface area contributed by atoms with Crippen molar-refractivity contribution in [2.75, 3.05) is 7.11 Å². The highest BCUT2D eigenvalue weighted by Gasteiger charge is 2.67. The van der Waals surface area contributed by atoms with Gasteiger partial charge in [-0.3, -0.25) is 14.5 Å². The van der Waals surface area contributed by atoms with Gasteiger partial charge in [0.05, 0.1) is 18.4 Å². The minimum atomic E-state index is -1.20. The van der Waals surface area contributed by atoms with E-state index in [0.717, 1.165) is 27.8 Å². The third-order valence-electron chi connectivity index (χ3n) is 9.19. The van der Waals surface area contributed by atoms with Gasteiger partial charge in [-0.1, -0.05) is 127 Å². The molecule has 2 unspecified atom stereocenters. The Hall–Kier alpha value is -4.96. The summed E-state index contributed by atoms with van der Waals surface area (Å²) < 4.78 is 6.09. The van der Waals surface area contributed by atoms with Crippen molar-refractivity contribution in [2.24, 2.45) is 5.92 Å². The fraction of sp³-hybridized carbons (Fsp3) is 0.158. The van der Waals surface area contributed by atoms with Gasteiger partial charge in [0.1, 0.15) is 11.3 Å². The molecule has 0 N–H and O–H groups in total. The Morgan fingerprint density at radius 3 is 1.71 bits per heavy atom. The van der Waals surface area contributed by atoms with Crippen molar-refractivity contribution < 1.29 is 14.3 Å². The Morgan fingerprint density at radius 2 is 1.24 bits per heavy atom. The van der Waals surface area contributed by atoms with Crippen LogP contribution in [-0.4, -0.2) is 29.4 Å². The average Bonchev–Trinajstić information content (AvgIpc) is 3.29. The number of imide groups is 1. The molecule has 4 heteroatoms. The van der Waals surface area contributed by atoms with Gasteiger partial charge < -0.3 is 4.74 Å². The predicted octanol–water partition coefficient (Wildman–Crippen LogP) is 6.96. The quantitative estimate of drug-likeness (QED) is 0.244. The lowest BCUT2D eigenvalue weighted by Gasteiger charge is -2.55. The largest absolute Gasteiger partial charge is 0.498 e. The third kappa shape index (κ3) is 3.41. The zero-order valence-electron chi connectivity index (χ0n) is 23.6. The second-order valence-corrected chi connectivity index (χ2v) is 11.2. The van der Waals surface area contributed by atoms with E-state index in [2.05, 4.69) is 36.4 Å². The van der Waals surface area contributed by atoms with Gasteiger partial charge in [0.2, 0.25) is 5.91 Å². The lowest BCUT2D eigenvalue weighted by molar-refractivity contribution is -0.146. The van der Waals surface area contributed by atoms with Crippen molar-refractivity contribution >= 4 is 11.8 Å². The molecule has 2 bridgehead atoms. The van der Waals surface area contributed by atoms with Crippen LogP contribution in [0.15, 0.2) is 156 Å². The van der Waals surface area contributed by atoms with E-state index >= 15 is 4.79 Å². The summed E-state index contributed by atoms with van der Waals surface area (Å²) in [5.41, 5.74) is 3.36. The maximum atomic E-state index is 15.0. The highest BCUT2D eigenvalue weighted by Crippen LogP contribution is 2.64. The Balaban J connectivity index is 1.50. The maximum absolute atomic E-state index is 15.0.